The third kappa shape index (κ3) is 3.89. The molecule has 0 saturated carbocycles. The Bertz CT molecular complexity index is 1040. The highest BCUT2D eigenvalue weighted by Crippen LogP contribution is 2.67. The molecule has 0 radical (unpaired) electrons. The molecule has 2 unspecified atom stereocenters. The Morgan fingerprint density at radius 1 is 1.37 bits per heavy atom. The number of carbonyl (C=O) groups is 3. The second-order valence-electron chi connectivity index (χ2n) is 10.3. The molecule has 7 atom stereocenters. The van der Waals surface area contributed by atoms with Gasteiger partial charge in [-0.05, 0) is 49.8 Å². The van der Waals surface area contributed by atoms with Crippen LogP contribution in [0.4, 0.5) is 5.69 Å². The highest BCUT2D eigenvalue weighted by molar-refractivity contribution is 8.02. The van der Waals surface area contributed by atoms with Crippen LogP contribution in [-0.4, -0.2) is 68.1 Å². The van der Waals surface area contributed by atoms with E-state index in [9.17, 15) is 24.6 Å². The molecule has 7 nitrogen and oxygen atoms in total. The van der Waals surface area contributed by atoms with E-state index in [0.717, 1.165) is 23.2 Å². The lowest BCUT2D eigenvalue weighted by molar-refractivity contribution is -0.149. The monoisotopic (exact) mass is 500 g/mol. The zero-order valence-electron chi connectivity index (χ0n) is 20.9. The summed E-state index contributed by atoms with van der Waals surface area (Å²) in [5, 5.41) is 20.3. The molecule has 3 heterocycles. The van der Waals surface area contributed by atoms with Crippen molar-refractivity contribution in [3.63, 3.8) is 0 Å². The maximum absolute atomic E-state index is 14.5. The van der Waals surface area contributed by atoms with Crippen LogP contribution in [0.25, 0.3) is 0 Å². The van der Waals surface area contributed by atoms with Gasteiger partial charge in [0.2, 0.25) is 5.91 Å². The number of hydrogen-bond acceptors (Lipinski definition) is 5. The molecule has 35 heavy (non-hydrogen) atoms. The van der Waals surface area contributed by atoms with Gasteiger partial charge in [-0.2, -0.15) is 0 Å². The number of carboxylic acids is 1. The highest BCUT2D eigenvalue weighted by atomic mass is 32.2. The van der Waals surface area contributed by atoms with Gasteiger partial charge in [0.05, 0.1) is 29.2 Å². The molecule has 8 heteroatoms. The molecule has 3 saturated heterocycles. The van der Waals surface area contributed by atoms with Gasteiger partial charge in [-0.25, -0.2) is 0 Å². The average molecular weight is 501 g/mol. The number of aliphatic hydroxyl groups excluding tert-OH is 1. The number of anilines is 1. The molecule has 1 aromatic carbocycles. The van der Waals surface area contributed by atoms with Crippen LogP contribution in [-0.2, 0) is 14.4 Å². The van der Waals surface area contributed by atoms with Gasteiger partial charge in [0, 0.05) is 17.5 Å². The van der Waals surface area contributed by atoms with Crippen molar-refractivity contribution in [2.24, 2.45) is 17.8 Å². The number of amides is 2. The number of benzene rings is 1. The van der Waals surface area contributed by atoms with Gasteiger partial charge >= 0.3 is 5.97 Å². The van der Waals surface area contributed by atoms with Crippen LogP contribution in [0.2, 0.25) is 0 Å². The maximum atomic E-state index is 14.5. The number of carboxylic acid groups (broad SMARTS) is 1. The summed E-state index contributed by atoms with van der Waals surface area (Å²) in [5.41, 5.74) is 2.71. The van der Waals surface area contributed by atoms with E-state index in [0.29, 0.717) is 12.8 Å². The molecule has 4 rings (SSSR count). The molecular weight excluding hydrogens is 464 g/mol. The Morgan fingerprint density at radius 2 is 2.09 bits per heavy atom. The highest BCUT2D eigenvalue weighted by Gasteiger charge is 2.74. The Kier molecular flexibility index (Phi) is 7.08. The molecule has 2 bridgehead atoms. The second-order valence-corrected chi connectivity index (χ2v) is 11.9. The first-order valence-electron chi connectivity index (χ1n) is 12.5. The second kappa shape index (κ2) is 9.62. The lowest BCUT2D eigenvalue weighted by Gasteiger charge is -2.41. The van der Waals surface area contributed by atoms with Crippen LogP contribution in [0.1, 0.15) is 44.2 Å². The van der Waals surface area contributed by atoms with Crippen LogP contribution in [0, 0.1) is 31.6 Å². The molecular formula is C27H36N2O5S. The van der Waals surface area contributed by atoms with Gasteiger partial charge in [-0.1, -0.05) is 38.5 Å². The standard InChI is InChI=1S/C27H36N2O5S/c1-6-12-28(18-13-15(3)8-9-17(18)5)25(32)23-27-11-10-20(35-27)21(26(33)34)22(27)24(31)29(23)19(14-30)16(4)7-2/h6,8-9,13,16,19-23,30H,1,7,10-12,14H2,2-5H3,(H,33,34)/t16-,19-,20+,21-,22-,23?,27?/m0/s1. The number of aliphatic hydroxyl groups is 1. The number of aliphatic carboxylic acids is 1. The lowest BCUT2D eigenvalue weighted by atomic mass is 9.71. The lowest BCUT2D eigenvalue weighted by Crippen LogP contribution is -2.58. The van der Waals surface area contributed by atoms with Crippen molar-refractivity contribution >= 4 is 35.2 Å². The minimum atomic E-state index is -0.975. The van der Waals surface area contributed by atoms with Crippen molar-refractivity contribution in [3.8, 4) is 0 Å². The number of rotatable bonds is 9. The summed E-state index contributed by atoms with van der Waals surface area (Å²) in [6.45, 7) is 11.7. The molecule has 3 fully saturated rings. The number of thioether (sulfide) groups is 1. The SMILES string of the molecule is C=CCN(C(=O)C1N([C@@H](CO)[C@@H](C)CC)C(=O)[C@@H]2[C@@H](C(=O)O)[C@H]3CCC12S3)c1cc(C)ccc1C. The van der Waals surface area contributed by atoms with Crippen molar-refractivity contribution in [1.29, 1.82) is 0 Å². The Morgan fingerprint density at radius 3 is 2.69 bits per heavy atom. The topological polar surface area (TPSA) is 98.2 Å². The van der Waals surface area contributed by atoms with E-state index in [2.05, 4.69) is 6.58 Å². The fourth-order valence-corrected chi connectivity index (χ4v) is 8.61. The Hall–Kier alpha value is -2.32. The molecule has 3 aliphatic heterocycles. The number of carbonyl (C=O) groups excluding carboxylic acids is 2. The smallest absolute Gasteiger partial charge is 0.308 e. The first-order chi connectivity index (χ1) is 16.6. The number of hydrogen-bond donors (Lipinski definition) is 2. The van der Waals surface area contributed by atoms with Crippen molar-refractivity contribution in [2.75, 3.05) is 18.1 Å². The summed E-state index contributed by atoms with van der Waals surface area (Å²) < 4.78 is -0.806. The fraction of sp³-hybridized carbons (Fsp3) is 0.593. The Labute approximate surface area is 211 Å². The van der Waals surface area contributed by atoms with Crippen LogP contribution >= 0.6 is 11.8 Å². The minimum absolute atomic E-state index is 0.0477. The third-order valence-electron chi connectivity index (χ3n) is 8.34. The van der Waals surface area contributed by atoms with Crippen LogP contribution in [0.15, 0.2) is 30.9 Å². The van der Waals surface area contributed by atoms with E-state index in [-0.39, 0.29) is 36.1 Å². The van der Waals surface area contributed by atoms with Crippen molar-refractivity contribution in [2.45, 2.75) is 69.0 Å². The number of fused-ring (bicyclic) bond motifs is 1. The van der Waals surface area contributed by atoms with E-state index in [4.69, 9.17) is 0 Å². The van der Waals surface area contributed by atoms with Gasteiger partial charge in [0.15, 0.2) is 0 Å². The number of likely N-dealkylation sites (tertiary alicyclic amines) is 1. The van der Waals surface area contributed by atoms with Gasteiger partial charge in [-0.3, -0.25) is 14.4 Å². The van der Waals surface area contributed by atoms with E-state index >= 15 is 0 Å². The van der Waals surface area contributed by atoms with E-state index in [1.807, 2.05) is 45.9 Å². The quantitative estimate of drug-likeness (QED) is 0.505. The zero-order valence-corrected chi connectivity index (χ0v) is 21.8. The van der Waals surface area contributed by atoms with Crippen LogP contribution in [0.5, 0.6) is 0 Å². The molecule has 1 aromatic rings. The van der Waals surface area contributed by atoms with Gasteiger partial charge in [0.1, 0.15) is 6.04 Å². The fourth-order valence-electron chi connectivity index (χ4n) is 6.42. The van der Waals surface area contributed by atoms with Crippen LogP contribution < -0.4 is 4.90 Å². The molecule has 2 N–H and O–H groups in total. The summed E-state index contributed by atoms with van der Waals surface area (Å²) in [4.78, 5) is 44.1. The first-order valence-corrected chi connectivity index (χ1v) is 13.3. The molecule has 2 amide bonds. The van der Waals surface area contributed by atoms with Gasteiger partial charge in [-0.15, -0.1) is 18.3 Å². The molecule has 3 aliphatic rings. The molecule has 0 aromatic heterocycles. The van der Waals surface area contributed by atoms with E-state index < -0.39 is 34.6 Å². The summed E-state index contributed by atoms with van der Waals surface area (Å²) in [7, 11) is 0. The molecule has 0 aliphatic carbocycles. The zero-order chi connectivity index (χ0) is 25.7. The van der Waals surface area contributed by atoms with Crippen molar-refractivity contribution in [1.82, 2.24) is 4.90 Å². The number of nitrogens with zero attached hydrogens (tertiary/aromatic N) is 2. The van der Waals surface area contributed by atoms with Crippen molar-refractivity contribution < 1.29 is 24.6 Å². The minimum Gasteiger partial charge on any atom is -0.481 e. The predicted molar refractivity (Wildman–Crippen MR) is 137 cm³/mol. The van der Waals surface area contributed by atoms with Crippen LogP contribution in [0.3, 0.4) is 0 Å². The van der Waals surface area contributed by atoms with E-state index in [1.165, 1.54) is 11.8 Å². The van der Waals surface area contributed by atoms with Gasteiger partial charge < -0.3 is 20.0 Å². The predicted octanol–water partition coefficient (Wildman–Crippen LogP) is 3.41. The Balaban J connectivity index is 1.87. The third-order valence-corrected chi connectivity index (χ3v) is 10.3. The van der Waals surface area contributed by atoms with Gasteiger partial charge in [0.25, 0.3) is 5.91 Å². The average Bonchev–Trinajstić information content (AvgIpc) is 3.47. The van der Waals surface area contributed by atoms with Crippen molar-refractivity contribution in [3.05, 3.63) is 42.0 Å². The molecule has 190 valence electrons. The first kappa shape index (κ1) is 25.8. The summed E-state index contributed by atoms with van der Waals surface area (Å²) in [6.07, 6.45) is 3.68. The largest absolute Gasteiger partial charge is 0.481 e. The maximum Gasteiger partial charge on any atom is 0.308 e. The summed E-state index contributed by atoms with van der Waals surface area (Å²) in [6, 6.07) is 4.53. The van der Waals surface area contributed by atoms with E-state index in [1.54, 1.807) is 15.9 Å². The summed E-state index contributed by atoms with van der Waals surface area (Å²) in [5.74, 6) is -3.13. The number of aryl methyl sites for hydroxylation is 2. The molecule has 1 spiro atoms. The normalized spacial score (nSPS) is 30.8. The summed E-state index contributed by atoms with van der Waals surface area (Å²) >= 11 is 1.52.